The molecule has 1 N–H and O–H groups in total. The number of nitrogens with zero attached hydrogens (tertiary/aromatic N) is 1. The van der Waals surface area contributed by atoms with Gasteiger partial charge in [-0.2, -0.15) is 0 Å². The first-order valence-corrected chi connectivity index (χ1v) is 9.70. The second-order valence-electron chi connectivity index (χ2n) is 7.49. The van der Waals surface area contributed by atoms with Crippen molar-refractivity contribution in [2.45, 2.75) is 39.5 Å². The molecular weight excluding hydrogens is 336 g/mol. The number of hydrogen-bond acceptors (Lipinski definition) is 2. The molecule has 142 valence electrons. The first-order valence-electron chi connectivity index (χ1n) is 9.70. The van der Waals surface area contributed by atoms with Crippen molar-refractivity contribution >= 4 is 17.5 Å². The zero-order valence-electron chi connectivity index (χ0n) is 16.2. The number of carbonyl (C=O) groups is 2. The summed E-state index contributed by atoms with van der Waals surface area (Å²) in [6.45, 7) is 5.47. The Morgan fingerprint density at radius 2 is 1.70 bits per heavy atom. The number of hydrogen-bond donors (Lipinski definition) is 1. The van der Waals surface area contributed by atoms with Crippen molar-refractivity contribution in [2.75, 3.05) is 18.4 Å². The SMILES string of the molecule is Cc1cccc(NC(=O)CC(=O)N2CCC(Cc3ccccc3)CC2)c1C. The van der Waals surface area contributed by atoms with E-state index in [0.717, 1.165) is 49.2 Å². The molecule has 27 heavy (non-hydrogen) atoms. The van der Waals surface area contributed by atoms with Crippen molar-refractivity contribution in [1.82, 2.24) is 4.90 Å². The summed E-state index contributed by atoms with van der Waals surface area (Å²) in [5.41, 5.74) is 4.31. The molecule has 0 aromatic heterocycles. The lowest BCUT2D eigenvalue weighted by atomic mass is 9.90. The van der Waals surface area contributed by atoms with Crippen molar-refractivity contribution in [3.05, 3.63) is 65.2 Å². The number of likely N-dealkylation sites (tertiary alicyclic amines) is 1. The van der Waals surface area contributed by atoms with Gasteiger partial charge in [-0.05, 0) is 61.8 Å². The monoisotopic (exact) mass is 364 g/mol. The number of amides is 2. The van der Waals surface area contributed by atoms with Crippen LogP contribution < -0.4 is 5.32 Å². The Kier molecular flexibility index (Phi) is 6.28. The summed E-state index contributed by atoms with van der Waals surface area (Å²) < 4.78 is 0. The number of carbonyl (C=O) groups excluding carboxylic acids is 2. The molecule has 4 nitrogen and oxygen atoms in total. The molecule has 1 aliphatic rings. The molecule has 2 aromatic rings. The van der Waals surface area contributed by atoms with Crippen LogP contribution in [-0.4, -0.2) is 29.8 Å². The Balaban J connectivity index is 1.46. The highest BCUT2D eigenvalue weighted by Crippen LogP contribution is 2.22. The fourth-order valence-electron chi connectivity index (χ4n) is 3.66. The Hall–Kier alpha value is -2.62. The van der Waals surface area contributed by atoms with Crippen molar-refractivity contribution in [2.24, 2.45) is 5.92 Å². The fraction of sp³-hybridized carbons (Fsp3) is 0.391. The van der Waals surface area contributed by atoms with E-state index in [4.69, 9.17) is 0 Å². The van der Waals surface area contributed by atoms with Gasteiger partial charge in [0.15, 0.2) is 0 Å². The molecule has 1 saturated heterocycles. The number of nitrogens with one attached hydrogen (secondary N) is 1. The molecule has 0 spiro atoms. The van der Waals surface area contributed by atoms with Gasteiger partial charge in [0.2, 0.25) is 11.8 Å². The van der Waals surface area contributed by atoms with E-state index in [0.29, 0.717) is 5.92 Å². The molecule has 2 amide bonds. The Bertz CT molecular complexity index is 793. The minimum Gasteiger partial charge on any atom is -0.342 e. The van der Waals surface area contributed by atoms with Crippen LogP contribution in [-0.2, 0) is 16.0 Å². The first kappa shape index (κ1) is 19.2. The molecule has 4 heteroatoms. The fourth-order valence-corrected chi connectivity index (χ4v) is 3.66. The van der Waals surface area contributed by atoms with Crippen molar-refractivity contribution in [3.8, 4) is 0 Å². The number of rotatable bonds is 5. The van der Waals surface area contributed by atoms with E-state index in [1.165, 1.54) is 5.56 Å². The molecule has 0 saturated carbocycles. The van der Waals surface area contributed by atoms with Crippen LogP contribution in [0.15, 0.2) is 48.5 Å². The minimum absolute atomic E-state index is 0.0732. The molecule has 0 radical (unpaired) electrons. The lowest BCUT2D eigenvalue weighted by Gasteiger charge is -2.32. The third-order valence-corrected chi connectivity index (χ3v) is 5.52. The Labute approximate surface area is 161 Å². The zero-order valence-corrected chi connectivity index (χ0v) is 16.2. The Morgan fingerprint density at radius 3 is 2.41 bits per heavy atom. The topological polar surface area (TPSA) is 49.4 Å². The number of aryl methyl sites for hydroxylation is 1. The summed E-state index contributed by atoms with van der Waals surface area (Å²) >= 11 is 0. The molecule has 0 aliphatic carbocycles. The molecule has 0 atom stereocenters. The second kappa shape index (κ2) is 8.85. The van der Waals surface area contributed by atoms with Crippen molar-refractivity contribution < 1.29 is 9.59 Å². The van der Waals surface area contributed by atoms with Gasteiger partial charge in [0, 0.05) is 18.8 Å². The minimum atomic E-state index is -0.236. The van der Waals surface area contributed by atoms with Gasteiger partial charge in [-0.1, -0.05) is 42.5 Å². The smallest absolute Gasteiger partial charge is 0.233 e. The van der Waals surface area contributed by atoms with E-state index in [-0.39, 0.29) is 18.2 Å². The second-order valence-corrected chi connectivity index (χ2v) is 7.49. The molecular formula is C23H28N2O2. The van der Waals surface area contributed by atoms with Crippen LogP contribution in [0.25, 0.3) is 0 Å². The van der Waals surface area contributed by atoms with Gasteiger partial charge in [-0.25, -0.2) is 0 Å². The summed E-state index contributed by atoms with van der Waals surface area (Å²) in [6.07, 6.45) is 2.98. The average Bonchev–Trinajstić information content (AvgIpc) is 2.67. The van der Waals surface area contributed by atoms with Gasteiger partial charge in [0.25, 0.3) is 0 Å². The summed E-state index contributed by atoms with van der Waals surface area (Å²) in [5.74, 6) is 0.302. The maximum absolute atomic E-state index is 12.5. The average molecular weight is 364 g/mol. The quantitative estimate of drug-likeness (QED) is 0.812. The summed E-state index contributed by atoms with van der Waals surface area (Å²) in [6, 6.07) is 16.3. The zero-order chi connectivity index (χ0) is 19.2. The molecule has 3 rings (SSSR count). The molecule has 2 aromatic carbocycles. The number of benzene rings is 2. The van der Waals surface area contributed by atoms with Crippen molar-refractivity contribution in [1.29, 1.82) is 0 Å². The van der Waals surface area contributed by atoms with Gasteiger partial charge < -0.3 is 10.2 Å². The van der Waals surface area contributed by atoms with Gasteiger partial charge >= 0.3 is 0 Å². The third kappa shape index (κ3) is 5.19. The van der Waals surface area contributed by atoms with E-state index in [1.54, 1.807) is 0 Å². The highest BCUT2D eigenvalue weighted by Gasteiger charge is 2.24. The molecule has 0 bridgehead atoms. The van der Waals surface area contributed by atoms with Gasteiger partial charge in [-0.3, -0.25) is 9.59 Å². The maximum atomic E-state index is 12.5. The predicted molar refractivity (Wildman–Crippen MR) is 109 cm³/mol. The number of anilines is 1. The van der Waals surface area contributed by atoms with Crippen LogP contribution in [0.2, 0.25) is 0 Å². The van der Waals surface area contributed by atoms with Gasteiger partial charge in [0.1, 0.15) is 6.42 Å². The lowest BCUT2D eigenvalue weighted by Crippen LogP contribution is -2.40. The van der Waals surface area contributed by atoms with Crippen LogP contribution in [0, 0.1) is 19.8 Å². The van der Waals surface area contributed by atoms with Gasteiger partial charge in [0.05, 0.1) is 0 Å². The van der Waals surface area contributed by atoms with Crippen LogP contribution in [0.3, 0.4) is 0 Å². The number of piperidine rings is 1. The predicted octanol–water partition coefficient (Wildman–Crippen LogP) is 4.11. The van der Waals surface area contributed by atoms with E-state index >= 15 is 0 Å². The van der Waals surface area contributed by atoms with Crippen LogP contribution >= 0.6 is 0 Å². The highest BCUT2D eigenvalue weighted by atomic mass is 16.2. The molecule has 1 aliphatic heterocycles. The van der Waals surface area contributed by atoms with Crippen LogP contribution in [0.5, 0.6) is 0 Å². The lowest BCUT2D eigenvalue weighted by molar-refractivity contribution is -0.135. The molecule has 1 heterocycles. The summed E-state index contributed by atoms with van der Waals surface area (Å²) in [4.78, 5) is 26.6. The van der Waals surface area contributed by atoms with E-state index in [1.807, 2.05) is 43.0 Å². The van der Waals surface area contributed by atoms with E-state index < -0.39 is 0 Å². The molecule has 0 unspecified atom stereocenters. The van der Waals surface area contributed by atoms with Crippen molar-refractivity contribution in [3.63, 3.8) is 0 Å². The van der Waals surface area contributed by atoms with E-state index in [2.05, 4.69) is 29.6 Å². The first-order chi connectivity index (χ1) is 13.0. The largest absolute Gasteiger partial charge is 0.342 e. The summed E-state index contributed by atoms with van der Waals surface area (Å²) in [7, 11) is 0. The Morgan fingerprint density at radius 1 is 1.00 bits per heavy atom. The van der Waals surface area contributed by atoms with Crippen LogP contribution in [0.1, 0.15) is 36.0 Å². The van der Waals surface area contributed by atoms with Gasteiger partial charge in [-0.15, -0.1) is 0 Å². The van der Waals surface area contributed by atoms with E-state index in [9.17, 15) is 9.59 Å². The van der Waals surface area contributed by atoms with Crippen LogP contribution in [0.4, 0.5) is 5.69 Å². The summed E-state index contributed by atoms with van der Waals surface area (Å²) in [5, 5.41) is 2.88. The molecule has 1 fully saturated rings. The standard InChI is InChI=1S/C23H28N2O2/c1-17-7-6-10-21(18(17)2)24-22(26)16-23(27)25-13-11-20(12-14-25)15-19-8-4-3-5-9-19/h3-10,20H,11-16H2,1-2H3,(H,24,26). The maximum Gasteiger partial charge on any atom is 0.233 e. The normalized spacial score (nSPS) is 14.8. The third-order valence-electron chi connectivity index (χ3n) is 5.52. The highest BCUT2D eigenvalue weighted by molar-refractivity contribution is 6.03.